The topological polar surface area (TPSA) is 39.7 Å². The molecule has 5 heteroatoms. The van der Waals surface area contributed by atoms with Crippen LogP contribution >= 0.6 is 11.8 Å². The van der Waals surface area contributed by atoms with E-state index >= 15 is 0 Å². The summed E-state index contributed by atoms with van der Waals surface area (Å²) in [6.45, 7) is 4.03. The fraction of sp³-hybridized carbons (Fsp3) is 0.600. The molecule has 0 amide bonds. The molecule has 1 unspecified atom stereocenters. The Morgan fingerprint density at radius 1 is 1.10 bits per heavy atom. The summed E-state index contributed by atoms with van der Waals surface area (Å²) in [7, 11) is 4.88. The molecule has 0 spiro atoms. The minimum Gasteiger partial charge on any atom is -0.493 e. The van der Waals surface area contributed by atoms with E-state index in [2.05, 4.69) is 18.5 Å². The molecule has 1 rings (SSSR count). The number of methoxy groups -OCH3 is 3. The average molecular weight is 299 g/mol. The monoisotopic (exact) mass is 299 g/mol. The quantitative estimate of drug-likeness (QED) is 0.710. The predicted molar refractivity (Wildman–Crippen MR) is 85.4 cm³/mol. The van der Waals surface area contributed by atoms with E-state index in [0.717, 1.165) is 25.1 Å². The van der Waals surface area contributed by atoms with Gasteiger partial charge in [-0.2, -0.15) is 11.8 Å². The molecule has 0 aliphatic heterocycles. The van der Waals surface area contributed by atoms with E-state index in [-0.39, 0.29) is 0 Å². The molecule has 0 bridgehead atoms. The van der Waals surface area contributed by atoms with Crippen LogP contribution in [0.1, 0.15) is 18.9 Å². The average Bonchev–Trinajstić information content (AvgIpc) is 2.49. The van der Waals surface area contributed by atoms with E-state index in [1.807, 2.05) is 23.9 Å². The molecule has 114 valence electrons. The molecule has 0 heterocycles. The van der Waals surface area contributed by atoms with Crippen molar-refractivity contribution in [2.75, 3.05) is 34.1 Å². The van der Waals surface area contributed by atoms with Crippen molar-refractivity contribution in [3.8, 4) is 17.2 Å². The normalized spacial score (nSPS) is 12.1. The molecule has 0 saturated heterocycles. The molecule has 0 fully saturated rings. The van der Waals surface area contributed by atoms with Gasteiger partial charge in [-0.3, -0.25) is 0 Å². The number of hydrogen-bond acceptors (Lipinski definition) is 5. The predicted octanol–water partition coefficient (Wildman–Crippen LogP) is 2.94. The van der Waals surface area contributed by atoms with Crippen molar-refractivity contribution in [3.05, 3.63) is 17.7 Å². The first-order valence-electron chi connectivity index (χ1n) is 6.68. The molecule has 0 radical (unpaired) electrons. The Balaban J connectivity index is 2.66. The second kappa shape index (κ2) is 8.97. The minimum atomic E-state index is 0.634. The number of ether oxygens (including phenoxy) is 3. The number of hydrogen-bond donors (Lipinski definition) is 1. The SMILES string of the molecule is COc1cc(CNCCC(C)SC)cc(OC)c1OC. The van der Waals surface area contributed by atoms with Crippen molar-refractivity contribution >= 4 is 11.8 Å². The summed E-state index contributed by atoms with van der Waals surface area (Å²) in [6, 6.07) is 3.96. The smallest absolute Gasteiger partial charge is 0.203 e. The lowest BCUT2D eigenvalue weighted by atomic mass is 10.1. The van der Waals surface area contributed by atoms with E-state index in [1.54, 1.807) is 21.3 Å². The van der Waals surface area contributed by atoms with Gasteiger partial charge in [0.25, 0.3) is 0 Å². The highest BCUT2D eigenvalue weighted by Gasteiger charge is 2.12. The third kappa shape index (κ3) is 4.80. The van der Waals surface area contributed by atoms with Crippen LogP contribution in [0.2, 0.25) is 0 Å². The molecule has 1 N–H and O–H groups in total. The maximum Gasteiger partial charge on any atom is 0.203 e. The summed E-state index contributed by atoms with van der Waals surface area (Å²) in [5.41, 5.74) is 1.12. The van der Waals surface area contributed by atoms with Crippen molar-refractivity contribution in [2.24, 2.45) is 0 Å². The zero-order valence-corrected chi connectivity index (χ0v) is 13.8. The van der Waals surface area contributed by atoms with Crippen LogP contribution in [-0.2, 0) is 6.54 Å². The largest absolute Gasteiger partial charge is 0.493 e. The molecule has 0 aliphatic carbocycles. The fourth-order valence-electron chi connectivity index (χ4n) is 1.89. The van der Waals surface area contributed by atoms with Crippen LogP contribution in [0.25, 0.3) is 0 Å². The number of rotatable bonds is 9. The highest BCUT2D eigenvalue weighted by Crippen LogP contribution is 2.38. The van der Waals surface area contributed by atoms with E-state index in [1.165, 1.54) is 0 Å². The van der Waals surface area contributed by atoms with Gasteiger partial charge in [-0.15, -0.1) is 0 Å². The van der Waals surface area contributed by atoms with Crippen molar-refractivity contribution in [2.45, 2.75) is 25.1 Å². The zero-order chi connectivity index (χ0) is 15.0. The second-order valence-corrected chi connectivity index (χ2v) is 5.82. The van der Waals surface area contributed by atoms with Crippen molar-refractivity contribution in [3.63, 3.8) is 0 Å². The Hall–Kier alpha value is -1.07. The maximum absolute atomic E-state index is 5.35. The Morgan fingerprint density at radius 3 is 2.15 bits per heavy atom. The molecule has 1 aromatic rings. The molecule has 1 atom stereocenters. The Labute approximate surface area is 126 Å². The Bertz CT molecular complexity index is 387. The number of thioether (sulfide) groups is 1. The van der Waals surface area contributed by atoms with Crippen LogP contribution in [0.4, 0.5) is 0 Å². The molecular formula is C15H25NO3S. The summed E-state index contributed by atoms with van der Waals surface area (Å²) in [4.78, 5) is 0. The summed E-state index contributed by atoms with van der Waals surface area (Å²) in [5.74, 6) is 2.03. The first-order chi connectivity index (χ1) is 9.65. The summed E-state index contributed by atoms with van der Waals surface area (Å²) >= 11 is 1.89. The van der Waals surface area contributed by atoms with E-state index < -0.39 is 0 Å². The lowest BCUT2D eigenvalue weighted by Gasteiger charge is -2.15. The highest BCUT2D eigenvalue weighted by molar-refractivity contribution is 7.99. The Morgan fingerprint density at radius 2 is 1.70 bits per heavy atom. The van der Waals surface area contributed by atoms with Crippen LogP contribution in [0, 0.1) is 0 Å². The van der Waals surface area contributed by atoms with E-state index in [4.69, 9.17) is 14.2 Å². The van der Waals surface area contributed by atoms with E-state index in [0.29, 0.717) is 22.5 Å². The van der Waals surface area contributed by atoms with Crippen molar-refractivity contribution in [1.29, 1.82) is 0 Å². The van der Waals surface area contributed by atoms with Gasteiger partial charge in [0.15, 0.2) is 11.5 Å². The maximum atomic E-state index is 5.35. The summed E-state index contributed by atoms with van der Waals surface area (Å²) < 4.78 is 16.0. The lowest BCUT2D eigenvalue weighted by molar-refractivity contribution is 0.323. The summed E-state index contributed by atoms with van der Waals surface area (Å²) in [6.07, 6.45) is 3.30. The highest BCUT2D eigenvalue weighted by atomic mass is 32.2. The molecule has 1 aromatic carbocycles. The van der Waals surface area contributed by atoms with Gasteiger partial charge in [-0.05, 0) is 36.9 Å². The first kappa shape index (κ1) is 17.0. The van der Waals surface area contributed by atoms with Gasteiger partial charge in [0.1, 0.15) is 0 Å². The van der Waals surface area contributed by atoms with Crippen LogP contribution in [-0.4, -0.2) is 39.4 Å². The van der Waals surface area contributed by atoms with Gasteiger partial charge < -0.3 is 19.5 Å². The first-order valence-corrected chi connectivity index (χ1v) is 7.97. The van der Waals surface area contributed by atoms with Crippen LogP contribution in [0.15, 0.2) is 12.1 Å². The number of benzene rings is 1. The lowest BCUT2D eigenvalue weighted by Crippen LogP contribution is -2.17. The number of nitrogens with one attached hydrogen (secondary N) is 1. The zero-order valence-electron chi connectivity index (χ0n) is 13.0. The van der Waals surface area contributed by atoms with Crippen LogP contribution < -0.4 is 19.5 Å². The Kier molecular flexibility index (Phi) is 7.62. The van der Waals surface area contributed by atoms with Crippen LogP contribution in [0.3, 0.4) is 0 Å². The van der Waals surface area contributed by atoms with Crippen molar-refractivity contribution < 1.29 is 14.2 Å². The summed E-state index contributed by atoms with van der Waals surface area (Å²) in [5, 5.41) is 4.12. The van der Waals surface area contributed by atoms with Gasteiger partial charge in [0.05, 0.1) is 21.3 Å². The van der Waals surface area contributed by atoms with Gasteiger partial charge in [0.2, 0.25) is 5.75 Å². The van der Waals surface area contributed by atoms with Gasteiger partial charge >= 0.3 is 0 Å². The van der Waals surface area contributed by atoms with E-state index in [9.17, 15) is 0 Å². The van der Waals surface area contributed by atoms with Gasteiger partial charge in [-0.25, -0.2) is 0 Å². The molecule has 0 aromatic heterocycles. The fourth-order valence-corrected chi connectivity index (χ4v) is 2.25. The van der Waals surface area contributed by atoms with Crippen molar-refractivity contribution in [1.82, 2.24) is 5.32 Å². The molecule has 4 nitrogen and oxygen atoms in total. The molecule has 0 aliphatic rings. The molecule has 20 heavy (non-hydrogen) atoms. The standard InChI is InChI=1S/C15H25NO3S/c1-11(20-5)6-7-16-10-12-8-13(17-2)15(19-4)14(9-12)18-3/h8-9,11,16H,6-7,10H2,1-5H3. The van der Waals surface area contributed by atoms with Gasteiger partial charge in [-0.1, -0.05) is 6.92 Å². The molecular weight excluding hydrogens is 274 g/mol. The minimum absolute atomic E-state index is 0.634. The van der Waals surface area contributed by atoms with Gasteiger partial charge in [0, 0.05) is 11.8 Å². The van der Waals surface area contributed by atoms with Crippen LogP contribution in [0.5, 0.6) is 17.2 Å². The second-order valence-electron chi connectivity index (χ2n) is 4.55. The third-order valence-corrected chi connectivity index (χ3v) is 4.22. The third-order valence-electron chi connectivity index (χ3n) is 3.18. The molecule has 0 saturated carbocycles.